The van der Waals surface area contributed by atoms with E-state index in [9.17, 15) is 9.59 Å². The summed E-state index contributed by atoms with van der Waals surface area (Å²) in [5.74, 6) is -1.52. The monoisotopic (exact) mass is 337 g/mol. The topological polar surface area (TPSA) is 95.1 Å². The summed E-state index contributed by atoms with van der Waals surface area (Å²) >= 11 is 3.27. The lowest BCUT2D eigenvalue weighted by molar-refractivity contribution is -0.139. The first-order valence-electron chi connectivity index (χ1n) is 5.83. The van der Waals surface area contributed by atoms with Crippen LogP contribution in [0.15, 0.2) is 41.3 Å². The van der Waals surface area contributed by atoms with Crippen LogP contribution in [0.1, 0.15) is 16.1 Å². The highest BCUT2D eigenvalue weighted by atomic mass is 79.9. The molecular formula is C13H12BrN3O3. The molecule has 7 heteroatoms. The second-order valence-electron chi connectivity index (χ2n) is 4.15. The van der Waals surface area contributed by atoms with Crippen LogP contribution in [0.2, 0.25) is 0 Å². The number of carbonyl (C=O) groups excluding carboxylic acids is 1. The maximum absolute atomic E-state index is 12.0. The molecule has 2 aromatic rings. The Kier molecular flexibility index (Phi) is 4.52. The van der Waals surface area contributed by atoms with E-state index < -0.39 is 17.9 Å². The molecule has 0 saturated carbocycles. The van der Waals surface area contributed by atoms with Crippen LogP contribution in [0, 0.1) is 0 Å². The molecule has 2 rings (SSSR count). The number of carboxylic acids is 1. The fourth-order valence-electron chi connectivity index (χ4n) is 1.66. The molecule has 0 unspecified atom stereocenters. The average molecular weight is 338 g/mol. The number of imidazole rings is 1. The summed E-state index contributed by atoms with van der Waals surface area (Å²) in [7, 11) is 0. The number of benzene rings is 1. The van der Waals surface area contributed by atoms with Crippen molar-refractivity contribution in [2.45, 2.75) is 12.5 Å². The lowest BCUT2D eigenvalue weighted by Crippen LogP contribution is -2.42. The lowest BCUT2D eigenvalue weighted by Gasteiger charge is -2.13. The molecule has 3 N–H and O–H groups in total. The Bertz CT molecular complexity index is 596. The minimum absolute atomic E-state index is 0.150. The highest BCUT2D eigenvalue weighted by Gasteiger charge is 2.21. The van der Waals surface area contributed by atoms with Crippen molar-refractivity contribution in [1.82, 2.24) is 15.3 Å². The van der Waals surface area contributed by atoms with Crippen LogP contribution in [-0.2, 0) is 11.2 Å². The maximum atomic E-state index is 12.0. The van der Waals surface area contributed by atoms with Crippen LogP contribution in [0.3, 0.4) is 0 Å². The van der Waals surface area contributed by atoms with E-state index in [2.05, 4.69) is 31.2 Å². The summed E-state index contributed by atoms with van der Waals surface area (Å²) in [4.78, 5) is 29.8. The van der Waals surface area contributed by atoms with E-state index in [1.54, 1.807) is 24.3 Å². The molecule has 6 nitrogen and oxygen atoms in total. The summed E-state index contributed by atoms with van der Waals surface area (Å²) in [5, 5.41) is 11.6. The number of hydrogen-bond acceptors (Lipinski definition) is 3. The van der Waals surface area contributed by atoms with Crippen LogP contribution < -0.4 is 5.32 Å². The third kappa shape index (κ3) is 3.67. The van der Waals surface area contributed by atoms with Crippen molar-refractivity contribution < 1.29 is 14.7 Å². The zero-order valence-electron chi connectivity index (χ0n) is 10.3. The molecule has 0 aliphatic rings. The van der Waals surface area contributed by atoms with Crippen LogP contribution in [0.4, 0.5) is 0 Å². The number of aromatic nitrogens is 2. The van der Waals surface area contributed by atoms with Gasteiger partial charge < -0.3 is 15.4 Å². The summed E-state index contributed by atoms with van der Waals surface area (Å²) in [5.41, 5.74) is 1.05. The van der Waals surface area contributed by atoms with E-state index >= 15 is 0 Å². The van der Waals surface area contributed by atoms with Crippen molar-refractivity contribution in [3.05, 3.63) is 52.5 Å². The smallest absolute Gasteiger partial charge is 0.326 e. The van der Waals surface area contributed by atoms with Crippen LogP contribution in [0.25, 0.3) is 0 Å². The predicted octanol–water partition coefficient (Wildman–Crippen LogP) is 1.60. The largest absolute Gasteiger partial charge is 0.480 e. The number of aromatic amines is 1. The number of carboxylic acid groups (broad SMARTS) is 1. The van der Waals surface area contributed by atoms with Gasteiger partial charge in [0, 0.05) is 28.3 Å². The summed E-state index contributed by atoms with van der Waals surface area (Å²) in [6.45, 7) is 0. The molecule has 0 fully saturated rings. The van der Waals surface area contributed by atoms with Gasteiger partial charge in [-0.1, -0.05) is 15.9 Å². The Labute approximate surface area is 123 Å². The predicted molar refractivity (Wildman–Crippen MR) is 75.3 cm³/mol. The first-order chi connectivity index (χ1) is 9.56. The number of nitrogens with one attached hydrogen (secondary N) is 2. The average Bonchev–Trinajstić information content (AvgIpc) is 2.91. The fraction of sp³-hybridized carbons (Fsp3) is 0.154. The summed E-state index contributed by atoms with van der Waals surface area (Å²) in [6.07, 6.45) is 3.14. The van der Waals surface area contributed by atoms with E-state index in [-0.39, 0.29) is 6.42 Å². The Morgan fingerprint density at radius 3 is 2.60 bits per heavy atom. The zero-order valence-corrected chi connectivity index (χ0v) is 11.9. The van der Waals surface area contributed by atoms with Gasteiger partial charge in [-0.05, 0) is 24.3 Å². The Morgan fingerprint density at radius 2 is 2.05 bits per heavy atom. The number of aliphatic carboxylic acids is 1. The number of nitrogens with zero attached hydrogens (tertiary/aromatic N) is 1. The first-order valence-corrected chi connectivity index (χ1v) is 6.62. The minimum Gasteiger partial charge on any atom is -0.480 e. The molecule has 0 radical (unpaired) electrons. The highest BCUT2D eigenvalue weighted by Crippen LogP contribution is 2.11. The Morgan fingerprint density at radius 1 is 1.35 bits per heavy atom. The fourth-order valence-corrected chi connectivity index (χ4v) is 1.92. The third-order valence-corrected chi connectivity index (χ3v) is 3.22. The van der Waals surface area contributed by atoms with Crippen molar-refractivity contribution in [1.29, 1.82) is 0 Å². The second-order valence-corrected chi connectivity index (χ2v) is 5.07. The van der Waals surface area contributed by atoms with E-state index in [1.165, 1.54) is 12.5 Å². The molecule has 20 heavy (non-hydrogen) atoms. The Hall–Kier alpha value is -2.15. The number of H-pyrrole nitrogens is 1. The van der Waals surface area contributed by atoms with Crippen molar-refractivity contribution >= 4 is 27.8 Å². The van der Waals surface area contributed by atoms with Crippen molar-refractivity contribution in [3.63, 3.8) is 0 Å². The van der Waals surface area contributed by atoms with Gasteiger partial charge in [-0.2, -0.15) is 0 Å². The SMILES string of the molecule is O=C(N[C@H](Cc1cnc[nH]1)C(=O)O)c1ccc(Br)cc1. The highest BCUT2D eigenvalue weighted by molar-refractivity contribution is 9.10. The minimum atomic E-state index is -1.09. The molecular weight excluding hydrogens is 326 g/mol. The van der Waals surface area contributed by atoms with Crippen molar-refractivity contribution in [2.75, 3.05) is 0 Å². The third-order valence-electron chi connectivity index (χ3n) is 2.69. The molecule has 1 aromatic carbocycles. The Balaban J connectivity index is 2.06. The first kappa shape index (κ1) is 14.3. The molecule has 1 atom stereocenters. The molecule has 0 spiro atoms. The molecule has 0 bridgehead atoms. The van der Waals surface area contributed by atoms with Gasteiger partial charge in [0.1, 0.15) is 6.04 Å². The molecule has 0 aliphatic heterocycles. The molecule has 104 valence electrons. The maximum Gasteiger partial charge on any atom is 0.326 e. The van der Waals surface area contributed by atoms with E-state index in [0.717, 1.165) is 4.47 Å². The van der Waals surface area contributed by atoms with Gasteiger partial charge in [-0.3, -0.25) is 4.79 Å². The number of amides is 1. The standard InChI is InChI=1S/C13H12BrN3O3/c14-9-3-1-8(2-4-9)12(18)17-11(13(19)20)5-10-6-15-7-16-10/h1-4,6-7,11H,5H2,(H,15,16)(H,17,18)(H,19,20)/t11-/m1/s1. The number of hydrogen-bond donors (Lipinski definition) is 3. The van der Waals surface area contributed by atoms with Crippen molar-refractivity contribution in [2.24, 2.45) is 0 Å². The van der Waals surface area contributed by atoms with Gasteiger partial charge >= 0.3 is 5.97 Å². The van der Waals surface area contributed by atoms with E-state index in [4.69, 9.17) is 5.11 Å². The van der Waals surface area contributed by atoms with Gasteiger partial charge in [0.25, 0.3) is 5.91 Å². The zero-order chi connectivity index (χ0) is 14.5. The van der Waals surface area contributed by atoms with E-state index in [1.807, 2.05) is 0 Å². The lowest BCUT2D eigenvalue weighted by atomic mass is 10.1. The normalized spacial score (nSPS) is 11.8. The second kappa shape index (κ2) is 6.33. The van der Waals surface area contributed by atoms with Gasteiger partial charge in [-0.15, -0.1) is 0 Å². The summed E-state index contributed by atoms with van der Waals surface area (Å²) < 4.78 is 0.848. The molecule has 1 aromatic heterocycles. The summed E-state index contributed by atoms with van der Waals surface area (Å²) in [6, 6.07) is 5.67. The van der Waals surface area contributed by atoms with Gasteiger partial charge in [0.2, 0.25) is 0 Å². The van der Waals surface area contributed by atoms with Gasteiger partial charge in [0.15, 0.2) is 0 Å². The van der Waals surface area contributed by atoms with Crippen LogP contribution in [-0.4, -0.2) is 33.0 Å². The van der Waals surface area contributed by atoms with Crippen LogP contribution in [0.5, 0.6) is 0 Å². The molecule has 0 aliphatic carbocycles. The van der Waals surface area contributed by atoms with Crippen molar-refractivity contribution in [3.8, 4) is 0 Å². The molecule has 0 saturated heterocycles. The molecule has 1 heterocycles. The van der Waals surface area contributed by atoms with E-state index in [0.29, 0.717) is 11.3 Å². The molecule has 1 amide bonds. The van der Waals surface area contributed by atoms with Gasteiger partial charge in [0.05, 0.1) is 6.33 Å². The number of carbonyl (C=O) groups is 2. The number of rotatable bonds is 5. The van der Waals surface area contributed by atoms with Crippen LogP contribution >= 0.6 is 15.9 Å². The van der Waals surface area contributed by atoms with Gasteiger partial charge in [-0.25, -0.2) is 9.78 Å². The number of halogens is 1. The quantitative estimate of drug-likeness (QED) is 0.772.